The second-order valence-corrected chi connectivity index (χ2v) is 11.7. The molecule has 11 heteroatoms. The van der Waals surface area contributed by atoms with Crippen LogP contribution in [0.1, 0.15) is 49.6 Å². The minimum atomic E-state index is -0.548. The maximum absolute atomic E-state index is 13.8. The maximum atomic E-state index is 13.8. The highest BCUT2D eigenvalue weighted by atomic mass is 32.2. The number of nitrogens with zero attached hydrogens (tertiary/aromatic N) is 6. The smallest absolute Gasteiger partial charge is 0.267 e. The molecule has 3 aromatic heterocycles. The Balaban J connectivity index is 1.43. The standard InChI is InChI=1S/C26H29N7O2S2/c1-16-9-11-18(12-10-16)33-24(35)22-19-7-5-6-8-20(19)37-23(22)29-25(33)36-13-21(34)31-30-17(2)26(3,4)32-15-27-14-28-32/h9-12,14-15H,5-8,13H2,1-4H3,(H,31,34)/b30-17+. The van der Waals surface area contributed by atoms with Gasteiger partial charge in [0.05, 0.1) is 28.1 Å². The number of carbonyl (C=O) groups excluding carboxylic acids is 1. The number of aryl methyl sites for hydroxylation is 3. The van der Waals surface area contributed by atoms with E-state index in [0.29, 0.717) is 10.9 Å². The van der Waals surface area contributed by atoms with E-state index in [-0.39, 0.29) is 17.2 Å². The number of rotatable bonds is 7. The van der Waals surface area contributed by atoms with E-state index < -0.39 is 5.54 Å². The van der Waals surface area contributed by atoms with Gasteiger partial charge in [-0.2, -0.15) is 10.2 Å². The summed E-state index contributed by atoms with van der Waals surface area (Å²) < 4.78 is 3.33. The van der Waals surface area contributed by atoms with Gasteiger partial charge in [0.2, 0.25) is 0 Å². The first kappa shape index (κ1) is 25.3. The molecule has 0 atom stereocenters. The molecule has 1 amide bonds. The van der Waals surface area contributed by atoms with Crippen molar-refractivity contribution in [2.24, 2.45) is 5.10 Å². The van der Waals surface area contributed by atoms with E-state index in [1.807, 2.05) is 52.0 Å². The van der Waals surface area contributed by atoms with E-state index in [0.717, 1.165) is 52.7 Å². The van der Waals surface area contributed by atoms with E-state index in [4.69, 9.17) is 4.98 Å². The van der Waals surface area contributed by atoms with Gasteiger partial charge in [-0.3, -0.25) is 14.2 Å². The molecule has 4 aromatic rings. The topological polar surface area (TPSA) is 107 Å². The SMILES string of the molecule is C/C(=N\NC(=O)CSc1nc2sc3c(c2c(=O)n1-c1ccc(C)cc1)CCCC3)C(C)(C)n1cncn1. The number of benzene rings is 1. The number of amides is 1. The molecule has 1 N–H and O–H groups in total. The number of thioether (sulfide) groups is 1. The van der Waals surface area contributed by atoms with Gasteiger partial charge >= 0.3 is 0 Å². The Morgan fingerprint density at radius 1 is 1.22 bits per heavy atom. The van der Waals surface area contributed by atoms with E-state index in [9.17, 15) is 9.59 Å². The minimum absolute atomic E-state index is 0.0649. The molecule has 192 valence electrons. The van der Waals surface area contributed by atoms with Crippen molar-refractivity contribution in [3.8, 4) is 5.69 Å². The molecule has 9 nitrogen and oxygen atoms in total. The molecule has 37 heavy (non-hydrogen) atoms. The Morgan fingerprint density at radius 2 is 1.97 bits per heavy atom. The molecule has 0 saturated carbocycles. The van der Waals surface area contributed by atoms with Crippen molar-refractivity contribution in [2.45, 2.75) is 64.1 Å². The summed E-state index contributed by atoms with van der Waals surface area (Å²) in [6.45, 7) is 7.73. The van der Waals surface area contributed by atoms with Crippen LogP contribution in [0.3, 0.4) is 0 Å². The molecule has 0 bridgehead atoms. The van der Waals surface area contributed by atoms with Crippen molar-refractivity contribution >= 4 is 44.9 Å². The lowest BCUT2D eigenvalue weighted by Gasteiger charge is -2.24. The normalized spacial score (nSPS) is 14.1. The van der Waals surface area contributed by atoms with Gasteiger partial charge in [-0.25, -0.2) is 20.1 Å². The van der Waals surface area contributed by atoms with Crippen molar-refractivity contribution in [2.75, 3.05) is 5.75 Å². The maximum Gasteiger partial charge on any atom is 0.267 e. The molecular weight excluding hydrogens is 506 g/mol. The lowest BCUT2D eigenvalue weighted by atomic mass is 9.97. The number of hydrogen-bond acceptors (Lipinski definition) is 8. The number of fused-ring (bicyclic) bond motifs is 3. The molecule has 0 fully saturated rings. The lowest BCUT2D eigenvalue weighted by Crippen LogP contribution is -2.36. The summed E-state index contributed by atoms with van der Waals surface area (Å²) in [6, 6.07) is 7.80. The molecule has 0 radical (unpaired) electrons. The van der Waals surface area contributed by atoms with Gasteiger partial charge in [0.25, 0.3) is 11.5 Å². The Kier molecular flexibility index (Phi) is 7.00. The van der Waals surface area contributed by atoms with Crippen LogP contribution in [0, 0.1) is 6.92 Å². The predicted molar refractivity (Wildman–Crippen MR) is 148 cm³/mol. The average molecular weight is 536 g/mol. The van der Waals surface area contributed by atoms with E-state index >= 15 is 0 Å². The van der Waals surface area contributed by atoms with Crippen LogP contribution in [0.15, 0.2) is 52.0 Å². The second kappa shape index (κ2) is 10.2. The third-order valence-corrected chi connectivity index (χ3v) is 8.93. The molecule has 1 aliphatic rings. The van der Waals surface area contributed by atoms with Crippen LogP contribution in [-0.2, 0) is 23.2 Å². The molecular formula is C26H29N7O2S2. The van der Waals surface area contributed by atoms with Crippen molar-refractivity contribution in [3.05, 3.63) is 63.3 Å². The van der Waals surface area contributed by atoms with Crippen LogP contribution in [0.2, 0.25) is 0 Å². The zero-order valence-electron chi connectivity index (χ0n) is 21.3. The highest BCUT2D eigenvalue weighted by molar-refractivity contribution is 7.99. The molecule has 0 unspecified atom stereocenters. The average Bonchev–Trinajstić information content (AvgIpc) is 3.55. The van der Waals surface area contributed by atoms with Gasteiger partial charge < -0.3 is 0 Å². The summed E-state index contributed by atoms with van der Waals surface area (Å²) in [6.07, 6.45) is 7.22. The van der Waals surface area contributed by atoms with Gasteiger partial charge in [-0.05, 0) is 71.1 Å². The Morgan fingerprint density at radius 3 is 2.70 bits per heavy atom. The van der Waals surface area contributed by atoms with Gasteiger partial charge in [0.15, 0.2) is 5.16 Å². The lowest BCUT2D eigenvalue weighted by molar-refractivity contribution is -0.118. The van der Waals surface area contributed by atoms with Crippen LogP contribution in [0.25, 0.3) is 15.9 Å². The van der Waals surface area contributed by atoms with Gasteiger partial charge in [-0.15, -0.1) is 11.3 Å². The number of hydrazone groups is 1. The molecule has 3 heterocycles. The van der Waals surface area contributed by atoms with Crippen LogP contribution >= 0.6 is 23.1 Å². The van der Waals surface area contributed by atoms with Gasteiger partial charge in [0.1, 0.15) is 17.5 Å². The fourth-order valence-electron chi connectivity index (χ4n) is 4.31. The van der Waals surface area contributed by atoms with Crippen LogP contribution < -0.4 is 11.0 Å². The predicted octanol–water partition coefficient (Wildman–Crippen LogP) is 4.25. The number of nitrogens with one attached hydrogen (secondary N) is 1. The first-order valence-electron chi connectivity index (χ1n) is 12.2. The van der Waals surface area contributed by atoms with Crippen molar-refractivity contribution in [1.29, 1.82) is 0 Å². The monoisotopic (exact) mass is 535 g/mol. The third kappa shape index (κ3) is 4.97. The molecule has 1 aliphatic carbocycles. The molecule has 5 rings (SSSR count). The molecule has 0 spiro atoms. The zero-order chi connectivity index (χ0) is 26.2. The van der Waals surface area contributed by atoms with Gasteiger partial charge in [0, 0.05) is 4.88 Å². The second-order valence-electron chi connectivity index (χ2n) is 9.68. The summed E-state index contributed by atoms with van der Waals surface area (Å²) in [5.41, 5.74) is 5.69. The minimum Gasteiger partial charge on any atom is -0.272 e. The quantitative estimate of drug-likeness (QED) is 0.164. The van der Waals surface area contributed by atoms with Crippen LogP contribution in [-0.4, -0.2) is 41.7 Å². The van der Waals surface area contributed by atoms with E-state index in [1.165, 1.54) is 23.0 Å². The van der Waals surface area contributed by atoms with Crippen molar-refractivity contribution in [3.63, 3.8) is 0 Å². The van der Waals surface area contributed by atoms with Crippen molar-refractivity contribution < 1.29 is 4.79 Å². The largest absolute Gasteiger partial charge is 0.272 e. The highest BCUT2D eigenvalue weighted by Crippen LogP contribution is 2.35. The van der Waals surface area contributed by atoms with E-state index in [2.05, 4.69) is 20.6 Å². The van der Waals surface area contributed by atoms with Crippen molar-refractivity contribution in [1.82, 2.24) is 29.7 Å². The Hall–Kier alpha value is -3.31. The van der Waals surface area contributed by atoms with Crippen LogP contribution in [0.4, 0.5) is 0 Å². The Bertz CT molecular complexity index is 1530. The molecule has 0 saturated heterocycles. The first-order chi connectivity index (χ1) is 17.8. The summed E-state index contributed by atoms with van der Waals surface area (Å²) in [7, 11) is 0. The zero-order valence-corrected chi connectivity index (χ0v) is 22.9. The first-order valence-corrected chi connectivity index (χ1v) is 14.0. The fraction of sp³-hybridized carbons (Fsp3) is 0.385. The Labute approximate surface area is 223 Å². The summed E-state index contributed by atoms with van der Waals surface area (Å²) in [5.74, 6) is -0.218. The molecule has 1 aromatic carbocycles. The summed E-state index contributed by atoms with van der Waals surface area (Å²) in [5, 5.41) is 9.70. The van der Waals surface area contributed by atoms with Gasteiger partial charge in [-0.1, -0.05) is 29.5 Å². The number of hydrogen-bond donors (Lipinski definition) is 1. The summed E-state index contributed by atoms with van der Waals surface area (Å²) in [4.78, 5) is 37.5. The summed E-state index contributed by atoms with van der Waals surface area (Å²) >= 11 is 2.85. The van der Waals surface area contributed by atoms with E-state index in [1.54, 1.807) is 26.9 Å². The fourth-order valence-corrected chi connectivity index (χ4v) is 6.42. The number of thiophene rings is 1. The number of aromatic nitrogens is 5. The van der Waals surface area contributed by atoms with Crippen LogP contribution in [0.5, 0.6) is 0 Å². The highest BCUT2D eigenvalue weighted by Gasteiger charge is 2.26. The third-order valence-electron chi connectivity index (χ3n) is 6.81. The number of carbonyl (C=O) groups is 1. The molecule has 0 aliphatic heterocycles.